The van der Waals surface area contributed by atoms with Gasteiger partial charge in [-0.05, 0) is 128 Å². The number of nitrogens with zero attached hydrogens (tertiary/aromatic N) is 8. The summed E-state index contributed by atoms with van der Waals surface area (Å²) < 4.78 is 33.5. The van der Waals surface area contributed by atoms with Crippen LogP contribution in [0.3, 0.4) is 0 Å². The number of carbonyl (C=O) groups excluding carboxylic acids is 3. The first kappa shape index (κ1) is 56.5. The largest absolute Gasteiger partial charge is 0.492 e. The van der Waals surface area contributed by atoms with E-state index in [1.54, 1.807) is 32.1 Å². The number of aliphatic hydroxyl groups excluding tert-OH is 1. The molecule has 20 heteroatoms. The summed E-state index contributed by atoms with van der Waals surface area (Å²) in [7, 11) is 2.17. The lowest BCUT2D eigenvalue weighted by molar-refractivity contribution is -0.145. The molecule has 3 N–H and O–H groups in total. The minimum atomic E-state index is -1.99. The van der Waals surface area contributed by atoms with Crippen LogP contribution in [-0.4, -0.2) is 171 Å². The molecule has 2 aliphatic carbocycles. The molecule has 6 heterocycles. The highest BCUT2D eigenvalue weighted by atomic mass is 79.9. The van der Waals surface area contributed by atoms with E-state index in [-0.39, 0.29) is 49.9 Å². The number of aliphatic hydroxyl groups is 1. The first-order valence-corrected chi connectivity index (χ1v) is 30.4. The van der Waals surface area contributed by atoms with Gasteiger partial charge >= 0.3 is 0 Å². The van der Waals surface area contributed by atoms with Crippen LogP contribution in [0.5, 0.6) is 5.75 Å². The minimum absolute atomic E-state index is 0.0123. The predicted octanol–water partition coefficient (Wildman–Crippen LogP) is 7.79. The average Bonchev–Trinajstić information content (AvgIpc) is 4.04. The summed E-state index contributed by atoms with van der Waals surface area (Å²) in [6.07, 6.45) is 5.42. The molecule has 0 spiro atoms. The molecule has 6 aromatic rings. The molecule has 0 radical (unpaired) electrons. The molecule has 11 rings (SSSR count). The van der Waals surface area contributed by atoms with Crippen LogP contribution >= 0.6 is 27.3 Å². The van der Waals surface area contributed by atoms with Gasteiger partial charge in [0.05, 0.1) is 63.4 Å². The zero-order valence-corrected chi connectivity index (χ0v) is 49.1. The van der Waals surface area contributed by atoms with Crippen LogP contribution in [0.4, 0.5) is 4.39 Å². The number of aryl methyl sites for hydroxylation is 1. The maximum atomic E-state index is 14.9. The van der Waals surface area contributed by atoms with Crippen LogP contribution < -0.4 is 20.9 Å². The van der Waals surface area contributed by atoms with Crippen molar-refractivity contribution in [3.63, 3.8) is 0 Å². The Morgan fingerprint density at radius 2 is 1.62 bits per heavy atom. The van der Waals surface area contributed by atoms with Gasteiger partial charge in [-0.3, -0.25) is 28.5 Å². The van der Waals surface area contributed by atoms with Crippen molar-refractivity contribution in [2.24, 2.45) is 5.41 Å². The number of aromatic nitrogens is 4. The Labute approximate surface area is 479 Å². The summed E-state index contributed by atoms with van der Waals surface area (Å²) in [4.78, 5) is 74.4. The van der Waals surface area contributed by atoms with Gasteiger partial charge in [0.1, 0.15) is 24.4 Å². The standard InChI is InChI=1S/C60H76BrFN10O7S/c1-37-52(80-36-63-37)40-15-13-39(14-16-40)45(64-54(74)49-31-42(73)34-70(49)56(76)53(59(2,3)4)65-57(77)60(62)19-20-60)35-78-29-27-68-21-17-38(18-22-68)43-32-47-48(33-50(43)79-30-28-69-25-23-67(5)24-26-69)72-46-12-8-11-44(61)51(46)55(75)66-58(72)71(47)41-9-6-7-10-41/h8,11-16,32-33,36,38,41-42,45,49,53,73H,6-7,9-10,17-31,34-35H2,1-5H3,(H,64,74)(H,65,77)/t42-,45+,49+,53-/m1/s1. The van der Waals surface area contributed by atoms with Crippen molar-refractivity contribution >= 4 is 72.7 Å². The van der Waals surface area contributed by atoms with Gasteiger partial charge in [-0.25, -0.2) is 9.37 Å². The molecule has 80 heavy (non-hydrogen) atoms. The number of nitrogens with one attached hydrogen (secondary N) is 2. The van der Waals surface area contributed by atoms with Gasteiger partial charge in [-0.2, -0.15) is 4.98 Å². The molecule has 428 valence electrons. The van der Waals surface area contributed by atoms with Crippen molar-refractivity contribution < 1.29 is 33.4 Å². The SMILES string of the molecule is Cc1ncsc1-c1ccc([C@H](COCCN2CCC(c3cc4c(cc3OCCN3CCN(C)CC3)n3c5cccc(Br)c5c(=O)nc3n4C3CCCC3)CC2)NC(=O)[C@@H]2C[C@@H](O)CN2C(=O)[C@@H](NC(=O)C2(F)CC2)C(C)(C)C)cc1. The van der Waals surface area contributed by atoms with Gasteiger partial charge in [0.25, 0.3) is 11.5 Å². The molecule has 0 bridgehead atoms. The van der Waals surface area contributed by atoms with E-state index < -0.39 is 53.0 Å². The summed E-state index contributed by atoms with van der Waals surface area (Å²) in [6, 6.07) is 15.9. The fraction of sp³-hybridized carbons (Fsp3) is 0.567. The third-order valence-electron chi connectivity index (χ3n) is 17.5. The number of benzene rings is 3. The lowest BCUT2D eigenvalue weighted by Gasteiger charge is -2.36. The molecule has 5 aliphatic rings. The van der Waals surface area contributed by atoms with Crippen LogP contribution in [0.1, 0.15) is 113 Å². The van der Waals surface area contributed by atoms with Gasteiger partial charge < -0.3 is 44.5 Å². The van der Waals surface area contributed by atoms with E-state index >= 15 is 0 Å². The molecular weight excluding hydrogens is 1100 g/mol. The quantitative estimate of drug-likeness (QED) is 0.0713. The first-order chi connectivity index (χ1) is 38.4. The molecule has 3 saturated heterocycles. The number of ether oxygens (including phenoxy) is 2. The maximum Gasteiger partial charge on any atom is 0.283 e. The Morgan fingerprint density at radius 3 is 2.31 bits per heavy atom. The highest BCUT2D eigenvalue weighted by Gasteiger charge is 2.53. The molecule has 3 amide bonds. The number of piperazine rings is 1. The number of likely N-dealkylation sites (tertiary alicyclic amines) is 2. The number of β-amino-alcohol motifs (C(OH)–C–C–N with tert-alkyl or cyclic N) is 1. The lowest BCUT2D eigenvalue weighted by atomic mass is 9.85. The summed E-state index contributed by atoms with van der Waals surface area (Å²) in [5, 5.41) is 17.3. The van der Waals surface area contributed by atoms with E-state index in [4.69, 9.17) is 14.5 Å². The van der Waals surface area contributed by atoms with E-state index in [0.29, 0.717) is 30.9 Å². The van der Waals surface area contributed by atoms with Crippen LogP contribution in [0.15, 0.2) is 69.4 Å². The minimum Gasteiger partial charge on any atom is -0.492 e. The fourth-order valence-electron chi connectivity index (χ4n) is 12.5. The Kier molecular flexibility index (Phi) is 16.6. The predicted molar refractivity (Wildman–Crippen MR) is 312 cm³/mol. The number of rotatable bonds is 18. The number of likely N-dealkylation sites (N-methyl/N-ethyl adjacent to an activating group) is 1. The highest BCUT2D eigenvalue weighted by Crippen LogP contribution is 2.43. The second-order valence-electron chi connectivity index (χ2n) is 24.1. The average molecular weight is 1180 g/mol. The Morgan fingerprint density at radius 1 is 0.912 bits per heavy atom. The summed E-state index contributed by atoms with van der Waals surface area (Å²) >= 11 is 5.23. The second-order valence-corrected chi connectivity index (χ2v) is 25.9. The van der Waals surface area contributed by atoms with Gasteiger partial charge in [-0.1, -0.05) is 63.9 Å². The first-order valence-electron chi connectivity index (χ1n) is 28.8. The molecule has 5 fully saturated rings. The zero-order chi connectivity index (χ0) is 56.0. The number of imidazole rings is 1. The normalized spacial score (nSPS) is 21.4. The smallest absolute Gasteiger partial charge is 0.283 e. The van der Waals surface area contributed by atoms with Crippen molar-refractivity contribution in [2.45, 2.75) is 127 Å². The van der Waals surface area contributed by atoms with Gasteiger partial charge in [0.15, 0.2) is 5.67 Å². The number of fused-ring (bicyclic) bond motifs is 5. The molecule has 4 atom stereocenters. The summed E-state index contributed by atoms with van der Waals surface area (Å²) in [5.41, 5.74) is 5.62. The number of amides is 3. The van der Waals surface area contributed by atoms with E-state index in [1.165, 1.54) is 10.5 Å². The Hall–Kier alpha value is -5.35. The van der Waals surface area contributed by atoms with Crippen molar-refractivity contribution in [1.29, 1.82) is 0 Å². The molecule has 3 aliphatic heterocycles. The fourth-order valence-corrected chi connectivity index (χ4v) is 13.8. The van der Waals surface area contributed by atoms with Gasteiger partial charge in [-0.15, -0.1) is 11.3 Å². The van der Waals surface area contributed by atoms with Gasteiger partial charge in [0.2, 0.25) is 17.6 Å². The molecule has 0 unspecified atom stereocenters. The van der Waals surface area contributed by atoms with Crippen LogP contribution in [-0.2, 0) is 19.1 Å². The molecule has 17 nitrogen and oxygen atoms in total. The lowest BCUT2D eigenvalue weighted by Crippen LogP contribution is -2.59. The van der Waals surface area contributed by atoms with E-state index in [0.717, 1.165) is 133 Å². The van der Waals surface area contributed by atoms with Crippen LogP contribution in [0.2, 0.25) is 0 Å². The Bertz CT molecular complexity index is 3300. The highest BCUT2D eigenvalue weighted by molar-refractivity contribution is 9.10. The topological polar surface area (TPSA) is 179 Å². The zero-order valence-electron chi connectivity index (χ0n) is 46.7. The van der Waals surface area contributed by atoms with Crippen LogP contribution in [0.25, 0.3) is 38.2 Å². The van der Waals surface area contributed by atoms with Crippen molar-refractivity contribution in [3.05, 3.63) is 91.8 Å². The number of thiazole rings is 1. The monoisotopic (exact) mass is 1180 g/mol. The maximum absolute atomic E-state index is 14.9. The van der Waals surface area contributed by atoms with Crippen molar-refractivity contribution in [2.75, 3.05) is 85.8 Å². The number of halogens is 2. The molecule has 3 aromatic carbocycles. The number of hydrogen-bond donors (Lipinski definition) is 3. The second kappa shape index (κ2) is 23.5. The van der Waals surface area contributed by atoms with Crippen molar-refractivity contribution in [1.82, 2.24) is 49.2 Å². The third kappa shape index (κ3) is 11.8. The summed E-state index contributed by atoms with van der Waals surface area (Å²) in [6.45, 7) is 15.7. The third-order valence-corrected chi connectivity index (χ3v) is 19.1. The van der Waals surface area contributed by atoms with E-state index in [2.05, 4.69) is 74.4 Å². The number of carbonyl (C=O) groups is 3. The molecular formula is C60H76BrFN10O7S. The van der Waals surface area contributed by atoms with Crippen LogP contribution in [0, 0.1) is 12.3 Å². The van der Waals surface area contributed by atoms with Crippen molar-refractivity contribution in [3.8, 4) is 16.2 Å². The van der Waals surface area contributed by atoms with E-state index in [9.17, 15) is 28.7 Å². The molecule has 2 saturated carbocycles. The number of piperidine rings is 1. The number of hydrogen-bond acceptors (Lipinski definition) is 13. The Balaban J connectivity index is 0.799. The number of alkyl halides is 1. The molecule has 3 aromatic heterocycles. The van der Waals surface area contributed by atoms with Gasteiger partial charge in [0, 0.05) is 68.8 Å². The van der Waals surface area contributed by atoms with E-state index in [1.807, 2.05) is 54.9 Å². The summed E-state index contributed by atoms with van der Waals surface area (Å²) in [5.74, 6) is -0.0261.